The molecule has 2 rings (SSSR count). The molecule has 0 aliphatic heterocycles. The number of rotatable bonds is 9. The van der Waals surface area contributed by atoms with Gasteiger partial charge in [0.1, 0.15) is 5.82 Å². The molecule has 8 nitrogen and oxygen atoms in total. The van der Waals surface area contributed by atoms with Crippen LogP contribution in [0.5, 0.6) is 0 Å². The molecule has 0 bridgehead atoms. The second-order valence-corrected chi connectivity index (χ2v) is 8.13. The van der Waals surface area contributed by atoms with Crippen LogP contribution in [-0.2, 0) is 23.0 Å². The summed E-state index contributed by atoms with van der Waals surface area (Å²) in [6.45, 7) is 7.47. The average molecular weight is 412 g/mol. The van der Waals surface area contributed by atoms with Crippen molar-refractivity contribution in [3.63, 3.8) is 0 Å². The number of benzene rings is 1. The van der Waals surface area contributed by atoms with Gasteiger partial charge in [0, 0.05) is 38.2 Å². The van der Waals surface area contributed by atoms with E-state index in [1.165, 1.54) is 28.6 Å². The van der Waals surface area contributed by atoms with Crippen molar-refractivity contribution < 1.29 is 13.2 Å². The maximum absolute atomic E-state index is 12.5. The molecular formula is C17H25N5O3S2. The first-order chi connectivity index (χ1) is 12.8. The fourth-order valence-corrected chi connectivity index (χ4v) is 4.49. The van der Waals surface area contributed by atoms with Gasteiger partial charge in [-0.05, 0) is 43.4 Å². The largest absolute Gasteiger partial charge is 0.352 e. The Balaban J connectivity index is 2.00. The molecule has 2 aromatic rings. The molecule has 10 heteroatoms. The van der Waals surface area contributed by atoms with E-state index in [9.17, 15) is 13.2 Å². The molecule has 0 atom stereocenters. The van der Waals surface area contributed by atoms with Gasteiger partial charge in [0.15, 0.2) is 4.77 Å². The Morgan fingerprint density at radius 1 is 1.22 bits per heavy atom. The summed E-state index contributed by atoms with van der Waals surface area (Å²) in [4.78, 5) is 12.5. The molecule has 0 saturated heterocycles. The highest BCUT2D eigenvalue weighted by Gasteiger charge is 2.21. The summed E-state index contributed by atoms with van der Waals surface area (Å²) in [7, 11) is -3.52. The van der Waals surface area contributed by atoms with E-state index >= 15 is 0 Å². The number of amides is 1. The molecule has 0 radical (unpaired) electrons. The zero-order valence-electron chi connectivity index (χ0n) is 15.7. The van der Waals surface area contributed by atoms with Crippen LogP contribution in [0.25, 0.3) is 0 Å². The SMILES string of the molecule is CCN(CC)S(=O)(=O)c1ccc(C(=O)NCCc2n[nH]c(=S)n2CC)cc1. The van der Waals surface area contributed by atoms with E-state index < -0.39 is 10.0 Å². The smallest absolute Gasteiger partial charge is 0.251 e. The summed E-state index contributed by atoms with van der Waals surface area (Å²) >= 11 is 5.13. The zero-order chi connectivity index (χ0) is 20.0. The van der Waals surface area contributed by atoms with Crippen LogP contribution in [0.3, 0.4) is 0 Å². The molecule has 27 heavy (non-hydrogen) atoms. The number of nitrogens with one attached hydrogen (secondary N) is 2. The van der Waals surface area contributed by atoms with Gasteiger partial charge in [0.25, 0.3) is 5.91 Å². The van der Waals surface area contributed by atoms with Gasteiger partial charge >= 0.3 is 0 Å². The van der Waals surface area contributed by atoms with E-state index in [1.54, 1.807) is 13.8 Å². The summed E-state index contributed by atoms with van der Waals surface area (Å²) in [5.41, 5.74) is 0.405. The van der Waals surface area contributed by atoms with Gasteiger partial charge in [-0.1, -0.05) is 13.8 Å². The van der Waals surface area contributed by atoms with Crippen LogP contribution in [0.1, 0.15) is 37.0 Å². The normalized spacial score (nSPS) is 11.7. The lowest BCUT2D eigenvalue weighted by Crippen LogP contribution is -2.30. The summed E-state index contributed by atoms with van der Waals surface area (Å²) < 4.78 is 28.7. The quantitative estimate of drug-likeness (QED) is 0.615. The van der Waals surface area contributed by atoms with Crippen molar-refractivity contribution in [3.05, 3.63) is 40.4 Å². The monoisotopic (exact) mass is 411 g/mol. The summed E-state index contributed by atoms with van der Waals surface area (Å²) in [5.74, 6) is 0.516. The Hall–Kier alpha value is -2.04. The third kappa shape index (κ3) is 4.82. The first-order valence-electron chi connectivity index (χ1n) is 8.87. The number of carbonyl (C=O) groups is 1. The second kappa shape index (κ2) is 9.25. The highest BCUT2D eigenvalue weighted by molar-refractivity contribution is 7.89. The summed E-state index contributed by atoms with van der Waals surface area (Å²) in [5, 5.41) is 9.70. The van der Waals surface area contributed by atoms with E-state index in [2.05, 4.69) is 15.5 Å². The number of carbonyl (C=O) groups excluding carboxylic acids is 1. The van der Waals surface area contributed by atoms with Gasteiger partial charge in [-0.3, -0.25) is 9.89 Å². The number of sulfonamides is 1. The molecule has 0 fully saturated rings. The first kappa shape index (κ1) is 21.3. The standard InChI is InChI=1S/C17H25N5O3S2/c1-4-21(5-2)27(24,25)14-9-7-13(8-10-14)16(23)18-12-11-15-19-20-17(26)22(15)6-3/h7-10H,4-6,11-12H2,1-3H3,(H,18,23)(H,20,26). The molecular weight excluding hydrogens is 386 g/mol. The zero-order valence-corrected chi connectivity index (χ0v) is 17.4. The summed E-state index contributed by atoms with van der Waals surface area (Å²) in [6, 6.07) is 5.97. The minimum atomic E-state index is -3.52. The summed E-state index contributed by atoms with van der Waals surface area (Å²) in [6.07, 6.45) is 0.543. The molecule has 148 valence electrons. The van der Waals surface area contributed by atoms with Gasteiger partial charge in [0.2, 0.25) is 10.0 Å². The van der Waals surface area contributed by atoms with Crippen molar-refractivity contribution in [2.75, 3.05) is 19.6 Å². The van der Waals surface area contributed by atoms with Crippen molar-refractivity contribution in [1.82, 2.24) is 24.4 Å². The number of hydrogen-bond donors (Lipinski definition) is 2. The fourth-order valence-electron chi connectivity index (χ4n) is 2.75. The maximum atomic E-state index is 12.5. The third-order valence-corrected chi connectivity index (χ3v) is 6.62. The van der Waals surface area contributed by atoms with Crippen LogP contribution < -0.4 is 5.32 Å². The van der Waals surface area contributed by atoms with Gasteiger partial charge in [-0.15, -0.1) is 0 Å². The van der Waals surface area contributed by atoms with E-state index in [0.29, 0.717) is 42.9 Å². The van der Waals surface area contributed by atoms with Crippen LogP contribution >= 0.6 is 12.2 Å². The maximum Gasteiger partial charge on any atom is 0.251 e. The number of H-pyrrole nitrogens is 1. The predicted octanol–water partition coefficient (Wildman–Crippen LogP) is 1.96. The van der Waals surface area contributed by atoms with Crippen LogP contribution in [0.4, 0.5) is 0 Å². The lowest BCUT2D eigenvalue weighted by Gasteiger charge is -2.18. The van der Waals surface area contributed by atoms with Gasteiger partial charge in [0.05, 0.1) is 4.90 Å². The predicted molar refractivity (Wildman–Crippen MR) is 106 cm³/mol. The lowest BCUT2D eigenvalue weighted by molar-refractivity contribution is 0.0953. The first-order valence-corrected chi connectivity index (χ1v) is 10.7. The van der Waals surface area contributed by atoms with Crippen molar-refractivity contribution in [1.29, 1.82) is 0 Å². The van der Waals surface area contributed by atoms with E-state index in [-0.39, 0.29) is 10.8 Å². The van der Waals surface area contributed by atoms with Gasteiger partial charge in [-0.2, -0.15) is 9.40 Å². The molecule has 1 aromatic carbocycles. The Bertz CT molecular complexity index is 928. The fraction of sp³-hybridized carbons (Fsp3) is 0.471. The molecule has 2 N–H and O–H groups in total. The van der Waals surface area contributed by atoms with Crippen LogP contribution in [0, 0.1) is 4.77 Å². The van der Waals surface area contributed by atoms with Crippen molar-refractivity contribution in [2.24, 2.45) is 0 Å². The Morgan fingerprint density at radius 3 is 2.41 bits per heavy atom. The number of hydrogen-bond acceptors (Lipinski definition) is 5. The number of nitrogens with zero attached hydrogens (tertiary/aromatic N) is 3. The van der Waals surface area contributed by atoms with Gasteiger partial charge in [-0.25, -0.2) is 8.42 Å². The highest BCUT2D eigenvalue weighted by Crippen LogP contribution is 2.16. The number of aromatic amines is 1. The molecule has 1 heterocycles. The van der Waals surface area contributed by atoms with Crippen LogP contribution in [-0.4, -0.2) is 53.0 Å². The molecule has 0 aliphatic rings. The second-order valence-electron chi connectivity index (χ2n) is 5.81. The molecule has 1 aromatic heterocycles. The molecule has 1 amide bonds. The topological polar surface area (TPSA) is 100 Å². The number of aromatic nitrogens is 3. The molecule has 0 aliphatic carbocycles. The van der Waals surface area contributed by atoms with Crippen molar-refractivity contribution in [2.45, 2.75) is 38.6 Å². The highest BCUT2D eigenvalue weighted by atomic mass is 32.2. The van der Waals surface area contributed by atoms with Gasteiger partial charge < -0.3 is 9.88 Å². The Morgan fingerprint density at radius 2 is 1.85 bits per heavy atom. The molecule has 0 saturated carbocycles. The Kier molecular flexibility index (Phi) is 7.28. The van der Waals surface area contributed by atoms with Crippen molar-refractivity contribution in [3.8, 4) is 0 Å². The van der Waals surface area contributed by atoms with E-state index in [4.69, 9.17) is 12.2 Å². The third-order valence-electron chi connectivity index (χ3n) is 4.25. The van der Waals surface area contributed by atoms with Crippen LogP contribution in [0.2, 0.25) is 0 Å². The molecule has 0 spiro atoms. The van der Waals surface area contributed by atoms with E-state index in [0.717, 1.165) is 5.82 Å². The van der Waals surface area contributed by atoms with Crippen molar-refractivity contribution >= 4 is 28.1 Å². The minimum Gasteiger partial charge on any atom is -0.352 e. The van der Waals surface area contributed by atoms with E-state index in [1.807, 2.05) is 11.5 Å². The Labute approximate surface area is 164 Å². The minimum absolute atomic E-state index is 0.182. The molecule has 0 unspecified atom stereocenters. The average Bonchev–Trinajstić information content (AvgIpc) is 3.02. The van der Waals surface area contributed by atoms with Crippen LogP contribution in [0.15, 0.2) is 29.2 Å². The lowest BCUT2D eigenvalue weighted by atomic mass is 10.2.